The van der Waals surface area contributed by atoms with E-state index < -0.39 is 17.9 Å². The number of ether oxygens (including phenoxy) is 5. The third-order valence-electron chi connectivity index (χ3n) is 2.73. The molecule has 0 atom stereocenters. The topological polar surface area (TPSA) is 118 Å². The average molecular weight is 416 g/mol. The fourth-order valence-electron chi connectivity index (χ4n) is 1.17. The zero-order valence-electron chi connectivity index (χ0n) is 17.5. The minimum Gasteiger partial charge on any atom is -0.478 e. The first-order chi connectivity index (χ1) is 13.6. The molecule has 0 rings (SSSR count). The van der Waals surface area contributed by atoms with Gasteiger partial charge in [-0.05, 0) is 20.8 Å². The normalized spacial score (nSPS) is 9.62. The molecule has 166 valence electrons. The first-order valence-electron chi connectivity index (χ1n) is 8.86. The summed E-state index contributed by atoms with van der Waals surface area (Å²) in [5, 5.41) is 7.89. The molecule has 0 unspecified atom stereocenters. The molecule has 0 aliphatic rings. The monoisotopic (exact) mass is 416 g/mol. The molecule has 0 aliphatic carbocycles. The summed E-state index contributed by atoms with van der Waals surface area (Å²) in [6, 6.07) is 0. The van der Waals surface area contributed by atoms with Gasteiger partial charge in [0, 0.05) is 16.7 Å². The Kier molecular flexibility index (Phi) is 18.7. The summed E-state index contributed by atoms with van der Waals surface area (Å²) < 4.78 is 25.4. The van der Waals surface area contributed by atoms with E-state index in [0.717, 1.165) is 0 Å². The molecule has 0 saturated heterocycles. The third kappa shape index (κ3) is 21.7. The van der Waals surface area contributed by atoms with Crippen molar-refractivity contribution in [1.82, 2.24) is 0 Å². The Morgan fingerprint density at radius 2 is 0.828 bits per heavy atom. The van der Waals surface area contributed by atoms with E-state index in [4.69, 9.17) is 28.8 Å². The van der Waals surface area contributed by atoms with Crippen LogP contribution >= 0.6 is 0 Å². The van der Waals surface area contributed by atoms with E-state index in [1.54, 1.807) is 13.8 Å². The fraction of sp³-hybridized carbons (Fsp3) is 0.550. The van der Waals surface area contributed by atoms with E-state index in [1.807, 2.05) is 0 Å². The number of carbonyl (C=O) groups excluding carboxylic acids is 2. The summed E-state index contributed by atoms with van der Waals surface area (Å²) in [5.74, 6) is -1.78. The van der Waals surface area contributed by atoms with Gasteiger partial charge in [0.15, 0.2) is 0 Å². The van der Waals surface area contributed by atoms with Crippen molar-refractivity contribution in [2.75, 3.05) is 52.9 Å². The van der Waals surface area contributed by atoms with Crippen molar-refractivity contribution in [3.8, 4) is 0 Å². The summed E-state index contributed by atoms with van der Waals surface area (Å²) >= 11 is 0. The van der Waals surface area contributed by atoms with Crippen molar-refractivity contribution in [3.63, 3.8) is 0 Å². The Balaban J connectivity index is 0. The van der Waals surface area contributed by atoms with Crippen LogP contribution in [0.2, 0.25) is 0 Å². The van der Waals surface area contributed by atoms with Crippen LogP contribution in [0.3, 0.4) is 0 Å². The maximum Gasteiger partial charge on any atom is 0.333 e. The first kappa shape index (κ1) is 28.7. The molecule has 0 fully saturated rings. The highest BCUT2D eigenvalue weighted by atomic mass is 16.6. The highest BCUT2D eigenvalue weighted by molar-refractivity contribution is 5.87. The van der Waals surface area contributed by atoms with Crippen LogP contribution in [-0.2, 0) is 38.1 Å². The molecule has 0 radical (unpaired) electrons. The molecule has 0 aromatic heterocycles. The van der Waals surface area contributed by atoms with Crippen molar-refractivity contribution < 1.29 is 43.2 Å². The van der Waals surface area contributed by atoms with E-state index >= 15 is 0 Å². The second-order valence-electron chi connectivity index (χ2n) is 5.76. The molecule has 29 heavy (non-hydrogen) atoms. The average Bonchev–Trinajstić information content (AvgIpc) is 2.65. The van der Waals surface area contributed by atoms with E-state index in [-0.39, 0.29) is 18.8 Å². The predicted molar refractivity (Wildman–Crippen MR) is 106 cm³/mol. The Labute approximate surface area is 171 Å². The summed E-state index contributed by atoms with van der Waals surface area (Å²) in [7, 11) is 0. The molecule has 0 aromatic carbocycles. The zero-order valence-corrected chi connectivity index (χ0v) is 17.5. The molecule has 0 heterocycles. The number of aliphatic carboxylic acids is 1. The lowest BCUT2D eigenvalue weighted by Crippen LogP contribution is -2.15. The molecule has 0 aromatic rings. The summed E-state index contributed by atoms with van der Waals surface area (Å²) in [6.07, 6.45) is 0. The van der Waals surface area contributed by atoms with Crippen LogP contribution in [0.25, 0.3) is 0 Å². The molecule has 9 heteroatoms. The van der Waals surface area contributed by atoms with Gasteiger partial charge in [0.05, 0.1) is 39.6 Å². The summed E-state index contributed by atoms with van der Waals surface area (Å²) in [4.78, 5) is 31.7. The summed E-state index contributed by atoms with van der Waals surface area (Å²) in [5.41, 5.74) is 0.903. The van der Waals surface area contributed by atoms with E-state index in [9.17, 15) is 14.4 Å². The van der Waals surface area contributed by atoms with Gasteiger partial charge in [-0.2, -0.15) is 0 Å². The third-order valence-corrected chi connectivity index (χ3v) is 2.73. The van der Waals surface area contributed by atoms with Gasteiger partial charge in [0.25, 0.3) is 0 Å². The lowest BCUT2D eigenvalue weighted by atomic mass is 10.4. The van der Waals surface area contributed by atoms with Crippen LogP contribution in [0.1, 0.15) is 20.8 Å². The molecule has 1 N–H and O–H groups in total. The zero-order chi connectivity index (χ0) is 22.7. The fourth-order valence-corrected chi connectivity index (χ4v) is 1.17. The minimum absolute atomic E-state index is 0.176. The molecular formula is C20H32O9. The van der Waals surface area contributed by atoms with Crippen LogP contribution in [-0.4, -0.2) is 75.9 Å². The minimum atomic E-state index is -0.935. The SMILES string of the molecule is C=C(C)C(=O)O.C=C(C)C(=O)OCCOCCOCCOCCOC(=O)C(=C)C. The molecule has 0 spiro atoms. The Hall–Kier alpha value is -2.49. The van der Waals surface area contributed by atoms with E-state index in [0.29, 0.717) is 50.8 Å². The van der Waals surface area contributed by atoms with Crippen LogP contribution in [0.15, 0.2) is 36.5 Å². The van der Waals surface area contributed by atoms with Crippen LogP contribution in [0.4, 0.5) is 0 Å². The van der Waals surface area contributed by atoms with Crippen molar-refractivity contribution in [2.45, 2.75) is 20.8 Å². The van der Waals surface area contributed by atoms with Crippen LogP contribution < -0.4 is 0 Å². The van der Waals surface area contributed by atoms with Gasteiger partial charge in [-0.3, -0.25) is 0 Å². The highest BCUT2D eigenvalue weighted by Crippen LogP contribution is 1.92. The number of esters is 2. The standard InChI is InChI=1S/C16H26O7.C4H6O2/c1-13(2)15(17)22-11-9-20-7-5-19-6-8-21-10-12-23-16(18)14(3)4;1-3(2)4(5)6/h1,3,5-12H2,2,4H3;1H2,2H3,(H,5,6). The van der Waals surface area contributed by atoms with Gasteiger partial charge in [0.1, 0.15) is 13.2 Å². The highest BCUT2D eigenvalue weighted by Gasteiger charge is 2.02. The molecule has 9 nitrogen and oxygen atoms in total. The van der Waals surface area contributed by atoms with Crippen LogP contribution in [0, 0.1) is 0 Å². The number of hydrogen-bond acceptors (Lipinski definition) is 8. The van der Waals surface area contributed by atoms with Crippen molar-refractivity contribution in [2.24, 2.45) is 0 Å². The van der Waals surface area contributed by atoms with E-state index in [1.165, 1.54) is 6.92 Å². The van der Waals surface area contributed by atoms with Crippen molar-refractivity contribution in [3.05, 3.63) is 36.5 Å². The maximum atomic E-state index is 11.0. The lowest BCUT2D eigenvalue weighted by molar-refractivity contribution is -0.141. The first-order valence-corrected chi connectivity index (χ1v) is 8.86. The molecule has 0 bridgehead atoms. The van der Waals surface area contributed by atoms with Gasteiger partial charge in [-0.1, -0.05) is 19.7 Å². The number of carboxylic acid groups (broad SMARTS) is 1. The van der Waals surface area contributed by atoms with Crippen LogP contribution in [0.5, 0.6) is 0 Å². The van der Waals surface area contributed by atoms with Gasteiger partial charge in [-0.25, -0.2) is 14.4 Å². The summed E-state index contributed by atoms with van der Waals surface area (Å²) in [6.45, 7) is 17.4. The molecular weight excluding hydrogens is 384 g/mol. The Morgan fingerprint density at radius 3 is 1.03 bits per heavy atom. The second-order valence-corrected chi connectivity index (χ2v) is 5.76. The maximum absolute atomic E-state index is 11.0. The quantitative estimate of drug-likeness (QED) is 0.243. The van der Waals surface area contributed by atoms with Gasteiger partial charge in [-0.15, -0.1) is 0 Å². The lowest BCUT2D eigenvalue weighted by Gasteiger charge is -2.08. The predicted octanol–water partition coefficient (Wildman–Crippen LogP) is 1.92. The molecule has 0 aliphatic heterocycles. The second kappa shape index (κ2) is 18.9. The number of carbonyl (C=O) groups is 3. The van der Waals surface area contributed by atoms with Gasteiger partial charge >= 0.3 is 17.9 Å². The van der Waals surface area contributed by atoms with Crippen molar-refractivity contribution in [1.29, 1.82) is 0 Å². The molecule has 0 saturated carbocycles. The number of carboxylic acids is 1. The van der Waals surface area contributed by atoms with E-state index in [2.05, 4.69) is 19.7 Å². The van der Waals surface area contributed by atoms with Gasteiger partial charge < -0.3 is 28.8 Å². The Morgan fingerprint density at radius 1 is 0.586 bits per heavy atom. The Bertz CT molecular complexity index is 504. The number of hydrogen-bond donors (Lipinski definition) is 1. The van der Waals surface area contributed by atoms with Crippen molar-refractivity contribution >= 4 is 17.9 Å². The largest absolute Gasteiger partial charge is 0.478 e. The smallest absolute Gasteiger partial charge is 0.333 e. The number of rotatable bonds is 15. The van der Waals surface area contributed by atoms with Gasteiger partial charge in [0.2, 0.25) is 0 Å². The molecule has 0 amide bonds.